The van der Waals surface area contributed by atoms with Gasteiger partial charge in [0.1, 0.15) is 5.82 Å². The van der Waals surface area contributed by atoms with Gasteiger partial charge in [-0.15, -0.1) is 0 Å². The number of nitrogens with one attached hydrogen (secondary N) is 1. The summed E-state index contributed by atoms with van der Waals surface area (Å²) in [5, 5.41) is 8.33. The van der Waals surface area contributed by atoms with Crippen molar-refractivity contribution < 1.29 is 9.18 Å². The Morgan fingerprint density at radius 3 is 2.68 bits per heavy atom. The molecule has 0 atom stereocenters. The Bertz CT molecular complexity index is 960. The van der Waals surface area contributed by atoms with E-state index in [1.54, 1.807) is 24.7 Å². The quantitative estimate of drug-likeness (QED) is 0.723. The smallest absolute Gasteiger partial charge is 0.305 e. The van der Waals surface area contributed by atoms with Gasteiger partial charge in [-0.1, -0.05) is 11.6 Å². The highest BCUT2D eigenvalue weighted by molar-refractivity contribution is 6.30. The highest BCUT2D eigenvalue weighted by Crippen LogP contribution is 2.26. The molecule has 0 saturated heterocycles. The number of benzene rings is 2. The first-order chi connectivity index (χ1) is 11.8. The van der Waals surface area contributed by atoms with Crippen molar-refractivity contribution in [2.24, 2.45) is 7.05 Å². The minimum atomic E-state index is -0.567. The molecule has 7 heteroatoms. The summed E-state index contributed by atoms with van der Waals surface area (Å²) < 4.78 is 15.9. The molecule has 0 radical (unpaired) electrons. The molecule has 3 aromatic rings. The summed E-state index contributed by atoms with van der Waals surface area (Å²) >= 11 is 5.82. The number of amides is 2. The summed E-state index contributed by atoms with van der Waals surface area (Å²) in [6.45, 7) is 3.67. The maximum Gasteiger partial charge on any atom is 0.326 e. The Hall–Kier alpha value is -2.60. The lowest BCUT2D eigenvalue weighted by Crippen LogP contribution is -2.31. The first-order valence-electron chi connectivity index (χ1n) is 7.71. The predicted octanol–water partition coefficient (Wildman–Crippen LogP) is 4.65. The van der Waals surface area contributed by atoms with E-state index in [4.69, 9.17) is 11.6 Å². The van der Waals surface area contributed by atoms with Crippen LogP contribution in [0.3, 0.4) is 0 Å². The van der Waals surface area contributed by atoms with Crippen LogP contribution in [0.15, 0.2) is 30.3 Å². The van der Waals surface area contributed by atoms with Crippen LogP contribution >= 0.6 is 11.6 Å². The molecule has 0 fully saturated rings. The maximum absolute atomic E-state index is 14.1. The molecule has 1 heterocycles. The van der Waals surface area contributed by atoms with Crippen molar-refractivity contribution in [1.82, 2.24) is 9.78 Å². The molecule has 0 bridgehead atoms. The second kappa shape index (κ2) is 6.37. The number of halogens is 2. The molecule has 0 unspecified atom stereocenters. The Labute approximate surface area is 150 Å². The molecule has 0 aliphatic carbocycles. The number of aromatic nitrogens is 2. The summed E-state index contributed by atoms with van der Waals surface area (Å²) in [5.41, 5.74) is 3.19. The molecule has 0 aliphatic heterocycles. The van der Waals surface area contributed by atoms with E-state index in [0.29, 0.717) is 11.3 Å². The summed E-state index contributed by atoms with van der Waals surface area (Å²) in [5.74, 6) is -0.567. The van der Waals surface area contributed by atoms with Gasteiger partial charge in [0.25, 0.3) is 0 Å². The van der Waals surface area contributed by atoms with E-state index in [2.05, 4.69) is 10.4 Å². The van der Waals surface area contributed by atoms with Crippen molar-refractivity contribution in [1.29, 1.82) is 0 Å². The highest BCUT2D eigenvalue weighted by atomic mass is 35.5. The molecule has 2 aromatic carbocycles. The third kappa shape index (κ3) is 3.17. The Kier molecular flexibility index (Phi) is 4.39. The number of hydrogen-bond acceptors (Lipinski definition) is 2. The van der Waals surface area contributed by atoms with Crippen molar-refractivity contribution in [3.05, 3.63) is 52.4 Å². The Morgan fingerprint density at radius 2 is 2.00 bits per heavy atom. The van der Waals surface area contributed by atoms with E-state index in [-0.39, 0.29) is 10.7 Å². The second-order valence-corrected chi connectivity index (χ2v) is 6.42. The lowest BCUT2D eigenvalue weighted by Gasteiger charge is -2.19. The van der Waals surface area contributed by atoms with Gasteiger partial charge in [-0.2, -0.15) is 5.10 Å². The molecular weight excluding hydrogens is 343 g/mol. The van der Waals surface area contributed by atoms with E-state index in [0.717, 1.165) is 16.6 Å². The highest BCUT2D eigenvalue weighted by Gasteiger charge is 2.16. The van der Waals surface area contributed by atoms with Crippen LogP contribution in [-0.2, 0) is 7.05 Å². The first-order valence-corrected chi connectivity index (χ1v) is 8.09. The molecule has 3 rings (SSSR count). The Morgan fingerprint density at radius 1 is 1.28 bits per heavy atom. The maximum atomic E-state index is 14.1. The van der Waals surface area contributed by atoms with Crippen LogP contribution in [0.2, 0.25) is 5.02 Å². The van der Waals surface area contributed by atoms with Gasteiger partial charge < -0.3 is 5.32 Å². The van der Waals surface area contributed by atoms with Crippen molar-refractivity contribution in [3.8, 4) is 0 Å². The van der Waals surface area contributed by atoms with E-state index in [1.807, 2.05) is 32.2 Å². The molecule has 25 heavy (non-hydrogen) atoms. The normalized spacial score (nSPS) is 11.0. The van der Waals surface area contributed by atoms with Crippen LogP contribution in [0.25, 0.3) is 10.9 Å². The van der Waals surface area contributed by atoms with Crippen molar-refractivity contribution in [3.63, 3.8) is 0 Å². The van der Waals surface area contributed by atoms with Gasteiger partial charge in [0.2, 0.25) is 0 Å². The van der Waals surface area contributed by atoms with Crippen LogP contribution in [0, 0.1) is 19.7 Å². The van der Waals surface area contributed by atoms with E-state index < -0.39 is 11.8 Å². The summed E-state index contributed by atoms with van der Waals surface area (Å²) in [6.07, 6.45) is 0. The van der Waals surface area contributed by atoms with Crippen LogP contribution < -0.4 is 10.2 Å². The van der Waals surface area contributed by atoms with Gasteiger partial charge in [-0.3, -0.25) is 9.58 Å². The molecular formula is C18H18ClFN4O. The van der Waals surface area contributed by atoms with E-state index in [1.165, 1.54) is 11.0 Å². The number of hydrogen-bond donors (Lipinski definition) is 1. The Balaban J connectivity index is 1.88. The zero-order chi connectivity index (χ0) is 18.3. The van der Waals surface area contributed by atoms with E-state index >= 15 is 0 Å². The van der Waals surface area contributed by atoms with Crippen LogP contribution in [-0.4, -0.2) is 22.9 Å². The number of carbonyl (C=O) groups is 1. The van der Waals surface area contributed by atoms with Crippen LogP contribution in [0.5, 0.6) is 0 Å². The second-order valence-electron chi connectivity index (χ2n) is 5.98. The van der Waals surface area contributed by atoms with Crippen molar-refractivity contribution in [2.75, 3.05) is 17.3 Å². The van der Waals surface area contributed by atoms with Crippen molar-refractivity contribution in [2.45, 2.75) is 13.8 Å². The SMILES string of the molecule is Cc1cc(Cl)cc(F)c1NC(=O)N(C)c1ccc2c(C)n(C)nc2c1. The minimum absolute atomic E-state index is 0.121. The summed E-state index contributed by atoms with van der Waals surface area (Å²) in [7, 11) is 3.49. The van der Waals surface area contributed by atoms with Crippen LogP contribution in [0.1, 0.15) is 11.3 Å². The lowest BCUT2D eigenvalue weighted by molar-refractivity contribution is 0.258. The predicted molar refractivity (Wildman–Crippen MR) is 99.0 cm³/mol. The number of carbonyl (C=O) groups excluding carboxylic acids is 1. The molecule has 2 amide bonds. The largest absolute Gasteiger partial charge is 0.326 e. The topological polar surface area (TPSA) is 50.2 Å². The van der Waals surface area contributed by atoms with Gasteiger partial charge in [0.15, 0.2) is 0 Å². The third-order valence-corrected chi connectivity index (χ3v) is 4.51. The van der Waals surface area contributed by atoms with Gasteiger partial charge in [-0.25, -0.2) is 9.18 Å². The number of urea groups is 1. The van der Waals surface area contributed by atoms with Crippen LogP contribution in [0.4, 0.5) is 20.6 Å². The fourth-order valence-electron chi connectivity index (χ4n) is 2.70. The number of fused-ring (bicyclic) bond motifs is 1. The average Bonchev–Trinajstić information content (AvgIpc) is 2.84. The van der Waals surface area contributed by atoms with E-state index in [9.17, 15) is 9.18 Å². The lowest BCUT2D eigenvalue weighted by atomic mass is 10.2. The first kappa shape index (κ1) is 17.2. The summed E-state index contributed by atoms with van der Waals surface area (Å²) in [4.78, 5) is 13.9. The standard InChI is InChI=1S/C18H18ClFN4O/c1-10-7-12(19)8-15(20)17(10)21-18(25)23(3)13-5-6-14-11(2)24(4)22-16(14)9-13/h5-9H,1-4H3,(H,21,25). The van der Waals surface area contributed by atoms with Crippen molar-refractivity contribution >= 4 is 39.9 Å². The fraction of sp³-hybridized carbons (Fsp3) is 0.222. The number of nitrogens with zero attached hydrogens (tertiary/aromatic N) is 3. The summed E-state index contributed by atoms with van der Waals surface area (Å²) in [6, 6.07) is 7.91. The molecule has 130 valence electrons. The average molecular weight is 361 g/mol. The zero-order valence-corrected chi connectivity index (χ0v) is 15.1. The molecule has 0 aliphatic rings. The van der Waals surface area contributed by atoms with Gasteiger partial charge in [-0.05, 0) is 49.7 Å². The molecule has 0 spiro atoms. The number of anilines is 2. The number of rotatable bonds is 2. The molecule has 1 N–H and O–H groups in total. The monoisotopic (exact) mass is 360 g/mol. The molecule has 5 nitrogen and oxygen atoms in total. The zero-order valence-electron chi connectivity index (χ0n) is 14.4. The van der Waals surface area contributed by atoms with Gasteiger partial charge >= 0.3 is 6.03 Å². The molecule has 0 saturated carbocycles. The third-order valence-electron chi connectivity index (χ3n) is 4.29. The van der Waals surface area contributed by atoms with Gasteiger partial charge in [0, 0.05) is 35.9 Å². The number of aryl methyl sites for hydroxylation is 3. The fourth-order valence-corrected chi connectivity index (χ4v) is 2.96. The van der Waals surface area contributed by atoms with Gasteiger partial charge in [0.05, 0.1) is 11.2 Å². The molecule has 1 aromatic heterocycles. The minimum Gasteiger partial charge on any atom is -0.305 e.